The van der Waals surface area contributed by atoms with Crippen molar-refractivity contribution in [1.29, 1.82) is 0 Å². The summed E-state index contributed by atoms with van der Waals surface area (Å²) in [6, 6.07) is 11.5. The molecule has 1 aliphatic heterocycles. The molecule has 2 aromatic carbocycles. The van der Waals surface area contributed by atoms with Crippen LogP contribution in [0.2, 0.25) is 0 Å². The normalized spacial score (nSPS) is 15.3. The van der Waals surface area contributed by atoms with Gasteiger partial charge in [-0.2, -0.15) is 5.10 Å². The van der Waals surface area contributed by atoms with Gasteiger partial charge in [0.2, 0.25) is 5.91 Å². The number of aromatic nitrogens is 5. The van der Waals surface area contributed by atoms with Gasteiger partial charge in [0.1, 0.15) is 35.4 Å². The van der Waals surface area contributed by atoms with Gasteiger partial charge in [0, 0.05) is 46.4 Å². The zero-order valence-corrected chi connectivity index (χ0v) is 26.2. The maximum Gasteiger partial charge on any atom is 0.246 e. The molecule has 1 N–H and O–H groups in total. The number of aliphatic hydroxyl groups is 1. The predicted molar refractivity (Wildman–Crippen MR) is 173 cm³/mol. The molecule has 4 aromatic heterocycles. The maximum atomic E-state index is 16.0. The van der Waals surface area contributed by atoms with Crippen molar-refractivity contribution in [3.05, 3.63) is 84.2 Å². The summed E-state index contributed by atoms with van der Waals surface area (Å²) < 4.78 is 40.9. The van der Waals surface area contributed by atoms with Crippen LogP contribution in [0, 0.1) is 11.6 Å². The average molecular weight is 641 g/mol. The number of hydrogen-bond acceptors (Lipinski definition) is 7. The summed E-state index contributed by atoms with van der Waals surface area (Å²) in [6.07, 6.45) is 2.18. The van der Waals surface area contributed by atoms with Gasteiger partial charge < -0.3 is 19.3 Å². The van der Waals surface area contributed by atoms with E-state index in [0.717, 1.165) is 39.8 Å². The van der Waals surface area contributed by atoms with E-state index in [9.17, 15) is 14.3 Å². The molecule has 0 unspecified atom stereocenters. The van der Waals surface area contributed by atoms with Crippen molar-refractivity contribution in [3.8, 4) is 39.5 Å². The van der Waals surface area contributed by atoms with Gasteiger partial charge in [-0.3, -0.25) is 9.48 Å². The minimum atomic E-state index is -0.870. The fourth-order valence-corrected chi connectivity index (χ4v) is 6.96. The number of thiophene rings is 1. The Morgan fingerprint density at radius 3 is 2.80 bits per heavy atom. The standard InChI is InChI=1S/C34H30F2N6O3S/c1-5-29(44)41-15-22-13-26(39-42(22)14-18(41)2)33-31(30-24(36)11-21(35)12-28(30)45-16-19(3)43)34-23(8-9-46-34)32(38-33)20-6-7-27-25(10-20)37-17-40(27)4/h5-13,17-19,43H,1,14-16H2,2-4H3/t18-,19-/m1/s1. The van der Waals surface area contributed by atoms with Gasteiger partial charge in [0.25, 0.3) is 0 Å². The smallest absolute Gasteiger partial charge is 0.246 e. The molecule has 1 aliphatic rings. The Bertz CT molecular complexity index is 2170. The van der Waals surface area contributed by atoms with Gasteiger partial charge in [-0.15, -0.1) is 11.3 Å². The Morgan fingerprint density at radius 2 is 2.02 bits per heavy atom. The van der Waals surface area contributed by atoms with Crippen LogP contribution < -0.4 is 4.74 Å². The van der Waals surface area contributed by atoms with Crippen LogP contribution in [0.3, 0.4) is 0 Å². The summed E-state index contributed by atoms with van der Waals surface area (Å²) in [6.45, 7) is 7.70. The van der Waals surface area contributed by atoms with E-state index in [1.165, 1.54) is 24.3 Å². The summed E-state index contributed by atoms with van der Waals surface area (Å²) in [5.74, 6) is -1.88. The average Bonchev–Trinajstić information content (AvgIpc) is 3.77. The number of nitrogens with zero attached hydrogens (tertiary/aromatic N) is 6. The lowest BCUT2D eigenvalue weighted by Crippen LogP contribution is -2.44. The summed E-state index contributed by atoms with van der Waals surface area (Å²) in [5.41, 5.74) is 5.26. The largest absolute Gasteiger partial charge is 0.490 e. The molecule has 6 aromatic rings. The number of pyridine rings is 1. The van der Waals surface area contributed by atoms with Crippen molar-refractivity contribution in [2.75, 3.05) is 6.61 Å². The van der Waals surface area contributed by atoms with Crippen molar-refractivity contribution < 1.29 is 23.4 Å². The van der Waals surface area contributed by atoms with Crippen LogP contribution in [0.4, 0.5) is 8.78 Å². The van der Waals surface area contributed by atoms with Crippen molar-refractivity contribution in [2.24, 2.45) is 7.05 Å². The molecule has 7 rings (SSSR count). The molecule has 0 fully saturated rings. The predicted octanol–water partition coefficient (Wildman–Crippen LogP) is 6.34. The number of halogens is 2. The number of rotatable bonds is 7. The Kier molecular flexibility index (Phi) is 7.41. The first kappa shape index (κ1) is 29.8. The Hall–Kier alpha value is -4.94. The lowest BCUT2D eigenvalue weighted by molar-refractivity contribution is -0.129. The molecule has 0 spiro atoms. The minimum absolute atomic E-state index is 0.0199. The molecule has 0 bridgehead atoms. The molecule has 0 radical (unpaired) electrons. The first-order chi connectivity index (χ1) is 22.1. The zero-order valence-electron chi connectivity index (χ0n) is 25.4. The summed E-state index contributed by atoms with van der Waals surface area (Å²) in [4.78, 5) is 24.0. The zero-order chi connectivity index (χ0) is 32.3. The number of aryl methyl sites for hydroxylation is 1. The molecular weight excluding hydrogens is 610 g/mol. The fraction of sp³-hybridized carbons (Fsp3) is 0.235. The summed E-state index contributed by atoms with van der Waals surface area (Å²) in [5, 5.41) is 17.5. The van der Waals surface area contributed by atoms with E-state index in [1.807, 2.05) is 58.9 Å². The van der Waals surface area contributed by atoms with Gasteiger partial charge >= 0.3 is 0 Å². The van der Waals surface area contributed by atoms with E-state index in [1.54, 1.807) is 11.2 Å². The number of aliphatic hydroxyl groups excluding tert-OH is 1. The molecule has 12 heteroatoms. The van der Waals surface area contributed by atoms with Gasteiger partial charge in [-0.05, 0) is 49.6 Å². The first-order valence-corrected chi connectivity index (χ1v) is 15.6. The highest BCUT2D eigenvalue weighted by Gasteiger charge is 2.30. The van der Waals surface area contributed by atoms with E-state index >= 15 is 4.39 Å². The third-order valence-corrected chi connectivity index (χ3v) is 9.15. The lowest BCUT2D eigenvalue weighted by Gasteiger charge is -2.33. The second-order valence-electron chi connectivity index (χ2n) is 11.5. The summed E-state index contributed by atoms with van der Waals surface area (Å²) in [7, 11) is 1.93. The Labute approximate surface area is 267 Å². The summed E-state index contributed by atoms with van der Waals surface area (Å²) >= 11 is 1.40. The first-order valence-electron chi connectivity index (χ1n) is 14.8. The molecule has 0 saturated carbocycles. The maximum absolute atomic E-state index is 16.0. The number of carbonyl (C=O) groups is 1. The number of imidazole rings is 1. The second-order valence-corrected chi connectivity index (χ2v) is 12.5. The highest BCUT2D eigenvalue weighted by Crippen LogP contribution is 2.47. The second kappa shape index (κ2) is 11.5. The topological polar surface area (TPSA) is 98.3 Å². The van der Waals surface area contributed by atoms with Crippen LogP contribution >= 0.6 is 11.3 Å². The SMILES string of the molecule is C=CC(=O)N1Cc2cc(-c3nc(-c4ccc5c(c4)ncn5C)c4ccsc4c3-c3c(F)cc(F)cc3OC[C@@H](C)O)nn2C[C@H]1C. The molecule has 0 aliphatic carbocycles. The molecular formula is C34H30F2N6O3S. The van der Waals surface area contributed by atoms with Gasteiger partial charge in [0.05, 0.1) is 53.5 Å². The molecule has 234 valence electrons. The van der Waals surface area contributed by atoms with Crippen LogP contribution in [0.1, 0.15) is 19.5 Å². The van der Waals surface area contributed by atoms with Crippen molar-refractivity contribution in [3.63, 3.8) is 0 Å². The molecule has 9 nitrogen and oxygen atoms in total. The van der Waals surface area contributed by atoms with Gasteiger partial charge in [-0.1, -0.05) is 12.6 Å². The van der Waals surface area contributed by atoms with Crippen LogP contribution in [0.5, 0.6) is 5.75 Å². The van der Waals surface area contributed by atoms with Crippen LogP contribution in [0.25, 0.3) is 54.9 Å². The molecule has 2 atom stereocenters. The number of fused-ring (bicyclic) bond motifs is 3. The molecule has 0 saturated heterocycles. The van der Waals surface area contributed by atoms with E-state index in [0.29, 0.717) is 40.4 Å². The number of carbonyl (C=O) groups excluding carboxylic acids is 1. The van der Waals surface area contributed by atoms with Crippen LogP contribution in [-0.4, -0.2) is 59.0 Å². The van der Waals surface area contributed by atoms with Crippen molar-refractivity contribution in [1.82, 2.24) is 29.2 Å². The van der Waals surface area contributed by atoms with Crippen molar-refractivity contribution in [2.45, 2.75) is 39.1 Å². The lowest BCUT2D eigenvalue weighted by atomic mass is 9.96. The van der Waals surface area contributed by atoms with Crippen LogP contribution in [0.15, 0.2) is 66.8 Å². The number of ether oxygens (including phenoxy) is 1. The monoisotopic (exact) mass is 640 g/mol. The van der Waals surface area contributed by atoms with Crippen LogP contribution in [-0.2, 0) is 24.9 Å². The third kappa shape index (κ3) is 5.03. The fourth-order valence-electron chi connectivity index (χ4n) is 6.01. The number of benzene rings is 2. The highest BCUT2D eigenvalue weighted by molar-refractivity contribution is 7.18. The third-order valence-electron chi connectivity index (χ3n) is 8.22. The van der Waals surface area contributed by atoms with E-state index in [4.69, 9.17) is 14.8 Å². The van der Waals surface area contributed by atoms with E-state index < -0.39 is 17.7 Å². The Balaban J connectivity index is 1.50. The number of hydrogen-bond donors (Lipinski definition) is 1. The quantitative estimate of drug-likeness (QED) is 0.205. The van der Waals surface area contributed by atoms with Gasteiger partial charge in [0.15, 0.2) is 0 Å². The van der Waals surface area contributed by atoms with Gasteiger partial charge in [-0.25, -0.2) is 18.7 Å². The number of amides is 1. The Morgan fingerprint density at radius 1 is 1.20 bits per heavy atom. The van der Waals surface area contributed by atoms with E-state index in [2.05, 4.69) is 11.6 Å². The van der Waals surface area contributed by atoms with Crippen molar-refractivity contribution >= 4 is 38.4 Å². The minimum Gasteiger partial charge on any atom is -0.490 e. The molecule has 5 heterocycles. The molecule has 1 amide bonds. The highest BCUT2D eigenvalue weighted by atomic mass is 32.1. The van der Waals surface area contributed by atoms with E-state index in [-0.39, 0.29) is 29.9 Å². The molecule has 46 heavy (non-hydrogen) atoms.